The van der Waals surface area contributed by atoms with Crippen LogP contribution < -0.4 is 10.1 Å². The van der Waals surface area contributed by atoms with E-state index in [-0.39, 0.29) is 0 Å². The van der Waals surface area contributed by atoms with Crippen molar-refractivity contribution in [2.24, 2.45) is 0 Å². The number of rotatable bonds is 3. The van der Waals surface area contributed by atoms with E-state index in [4.69, 9.17) is 4.74 Å². The average Bonchev–Trinajstić information content (AvgIpc) is 2.94. The first-order valence-electron chi connectivity index (χ1n) is 6.28. The van der Waals surface area contributed by atoms with Crippen molar-refractivity contribution in [1.82, 2.24) is 10.3 Å². The van der Waals surface area contributed by atoms with Crippen LogP contribution in [0.2, 0.25) is 0 Å². The van der Waals surface area contributed by atoms with Crippen molar-refractivity contribution in [3.63, 3.8) is 0 Å². The van der Waals surface area contributed by atoms with Crippen LogP contribution in [0.5, 0.6) is 5.88 Å². The van der Waals surface area contributed by atoms with Crippen molar-refractivity contribution in [3.8, 4) is 17.0 Å². The van der Waals surface area contributed by atoms with Crippen molar-refractivity contribution >= 4 is 11.3 Å². The zero-order valence-corrected chi connectivity index (χ0v) is 11.0. The lowest BCUT2D eigenvalue weighted by molar-refractivity contribution is 0.157. The molecule has 2 aromatic heterocycles. The Balaban J connectivity index is 1.83. The lowest BCUT2D eigenvalue weighted by Crippen LogP contribution is -2.34. The third-order valence-electron chi connectivity index (χ3n) is 3.17. The number of nitrogens with zero attached hydrogens (tertiary/aromatic N) is 1. The van der Waals surface area contributed by atoms with E-state index >= 15 is 0 Å². The molecule has 0 amide bonds. The fourth-order valence-electron chi connectivity index (χ4n) is 2.19. The Labute approximate surface area is 111 Å². The molecule has 0 unspecified atom stereocenters. The SMILES string of the molecule is c1cnc(OC2CCNCC2)c(-c2ccsc2)c1. The minimum absolute atomic E-state index is 0.290. The van der Waals surface area contributed by atoms with Gasteiger partial charge in [0.15, 0.2) is 0 Å². The molecule has 0 bridgehead atoms. The summed E-state index contributed by atoms with van der Waals surface area (Å²) in [4.78, 5) is 4.39. The van der Waals surface area contributed by atoms with Gasteiger partial charge in [-0.1, -0.05) is 0 Å². The van der Waals surface area contributed by atoms with E-state index in [9.17, 15) is 0 Å². The number of piperidine rings is 1. The molecule has 3 nitrogen and oxygen atoms in total. The van der Waals surface area contributed by atoms with Gasteiger partial charge in [-0.15, -0.1) is 0 Å². The predicted octanol–water partition coefficient (Wildman–Crippen LogP) is 2.94. The highest BCUT2D eigenvalue weighted by atomic mass is 32.1. The van der Waals surface area contributed by atoms with Gasteiger partial charge in [0.2, 0.25) is 5.88 Å². The molecule has 1 aliphatic rings. The van der Waals surface area contributed by atoms with Crippen LogP contribution in [0.3, 0.4) is 0 Å². The maximum absolute atomic E-state index is 6.06. The van der Waals surface area contributed by atoms with Crippen LogP contribution in [0, 0.1) is 0 Å². The normalized spacial score (nSPS) is 16.7. The molecule has 0 atom stereocenters. The molecule has 94 valence electrons. The number of thiophene rings is 1. The third kappa shape index (κ3) is 2.54. The number of hydrogen-bond donors (Lipinski definition) is 1. The smallest absolute Gasteiger partial charge is 0.221 e. The van der Waals surface area contributed by atoms with E-state index < -0.39 is 0 Å². The van der Waals surface area contributed by atoms with Gasteiger partial charge in [-0.25, -0.2) is 4.98 Å². The maximum Gasteiger partial charge on any atom is 0.221 e. The number of hydrogen-bond acceptors (Lipinski definition) is 4. The minimum atomic E-state index is 0.290. The molecular formula is C14H16N2OS. The van der Waals surface area contributed by atoms with Crippen LogP contribution in [0.25, 0.3) is 11.1 Å². The van der Waals surface area contributed by atoms with E-state index in [1.165, 1.54) is 5.56 Å². The van der Waals surface area contributed by atoms with Crippen molar-refractivity contribution < 1.29 is 4.74 Å². The molecular weight excluding hydrogens is 244 g/mol. The largest absolute Gasteiger partial charge is 0.474 e. The molecule has 1 fully saturated rings. The van der Waals surface area contributed by atoms with Crippen LogP contribution in [-0.4, -0.2) is 24.2 Å². The Morgan fingerprint density at radius 2 is 2.17 bits per heavy atom. The Hall–Kier alpha value is -1.39. The predicted molar refractivity (Wildman–Crippen MR) is 74.1 cm³/mol. The summed E-state index contributed by atoms with van der Waals surface area (Å²) in [5, 5.41) is 7.56. The van der Waals surface area contributed by atoms with E-state index in [2.05, 4.69) is 33.2 Å². The first-order chi connectivity index (χ1) is 8.93. The Morgan fingerprint density at radius 3 is 2.94 bits per heavy atom. The van der Waals surface area contributed by atoms with Crippen molar-refractivity contribution in [1.29, 1.82) is 0 Å². The molecule has 18 heavy (non-hydrogen) atoms. The second-order valence-electron chi connectivity index (χ2n) is 4.44. The van der Waals surface area contributed by atoms with Gasteiger partial charge >= 0.3 is 0 Å². The standard InChI is InChI=1S/C14H16N2OS/c1-2-13(11-5-9-18-10-11)14(16-6-1)17-12-3-7-15-8-4-12/h1-2,5-6,9-10,12,15H,3-4,7-8H2. The zero-order valence-electron chi connectivity index (χ0n) is 10.1. The van der Waals surface area contributed by atoms with Gasteiger partial charge in [0.05, 0.1) is 0 Å². The van der Waals surface area contributed by atoms with Crippen LogP contribution >= 0.6 is 11.3 Å². The van der Waals surface area contributed by atoms with E-state index in [0.29, 0.717) is 6.10 Å². The topological polar surface area (TPSA) is 34.1 Å². The van der Waals surface area contributed by atoms with Gasteiger partial charge in [-0.05, 0) is 60.5 Å². The van der Waals surface area contributed by atoms with Crippen LogP contribution in [-0.2, 0) is 0 Å². The summed E-state index contributed by atoms with van der Waals surface area (Å²) in [5.74, 6) is 0.766. The van der Waals surface area contributed by atoms with Gasteiger partial charge in [-0.3, -0.25) is 0 Å². The number of aromatic nitrogens is 1. The summed E-state index contributed by atoms with van der Waals surface area (Å²) in [6.07, 6.45) is 4.20. The summed E-state index contributed by atoms with van der Waals surface area (Å²) in [5.41, 5.74) is 2.29. The van der Waals surface area contributed by atoms with Gasteiger partial charge in [0, 0.05) is 11.8 Å². The molecule has 1 saturated heterocycles. The molecule has 3 heterocycles. The monoisotopic (exact) mass is 260 g/mol. The van der Waals surface area contributed by atoms with Gasteiger partial charge in [0.25, 0.3) is 0 Å². The first kappa shape index (κ1) is 11.7. The lowest BCUT2D eigenvalue weighted by Gasteiger charge is -2.24. The zero-order chi connectivity index (χ0) is 12.2. The summed E-state index contributed by atoms with van der Waals surface area (Å²) in [6.45, 7) is 2.07. The van der Waals surface area contributed by atoms with E-state index in [0.717, 1.165) is 37.4 Å². The second kappa shape index (κ2) is 5.50. The van der Waals surface area contributed by atoms with Crippen LogP contribution in [0.15, 0.2) is 35.2 Å². The molecule has 1 N–H and O–H groups in total. The quantitative estimate of drug-likeness (QED) is 0.921. The lowest BCUT2D eigenvalue weighted by atomic mass is 10.1. The van der Waals surface area contributed by atoms with Crippen molar-refractivity contribution in [2.75, 3.05) is 13.1 Å². The highest BCUT2D eigenvalue weighted by Gasteiger charge is 2.17. The molecule has 0 aromatic carbocycles. The molecule has 4 heteroatoms. The third-order valence-corrected chi connectivity index (χ3v) is 3.85. The number of ether oxygens (including phenoxy) is 1. The van der Waals surface area contributed by atoms with Gasteiger partial charge in [0.1, 0.15) is 6.10 Å². The Bertz CT molecular complexity index is 492. The van der Waals surface area contributed by atoms with E-state index in [1.54, 1.807) is 17.5 Å². The fraction of sp³-hybridized carbons (Fsp3) is 0.357. The Morgan fingerprint density at radius 1 is 1.28 bits per heavy atom. The molecule has 0 spiro atoms. The molecule has 2 aromatic rings. The van der Waals surface area contributed by atoms with Gasteiger partial charge in [-0.2, -0.15) is 11.3 Å². The van der Waals surface area contributed by atoms with Crippen LogP contribution in [0.4, 0.5) is 0 Å². The van der Waals surface area contributed by atoms with Crippen molar-refractivity contribution in [2.45, 2.75) is 18.9 Å². The highest BCUT2D eigenvalue weighted by Crippen LogP contribution is 2.30. The highest BCUT2D eigenvalue weighted by molar-refractivity contribution is 7.08. The number of nitrogens with one attached hydrogen (secondary N) is 1. The number of pyridine rings is 1. The molecule has 1 aliphatic heterocycles. The second-order valence-corrected chi connectivity index (χ2v) is 5.22. The van der Waals surface area contributed by atoms with Crippen molar-refractivity contribution in [3.05, 3.63) is 35.2 Å². The minimum Gasteiger partial charge on any atom is -0.474 e. The Kier molecular flexibility index (Phi) is 3.57. The maximum atomic E-state index is 6.06. The summed E-state index contributed by atoms with van der Waals surface area (Å²) in [7, 11) is 0. The molecule has 3 rings (SSSR count). The summed E-state index contributed by atoms with van der Waals surface area (Å²) in [6, 6.07) is 6.14. The average molecular weight is 260 g/mol. The molecule has 0 radical (unpaired) electrons. The summed E-state index contributed by atoms with van der Waals surface area (Å²) < 4.78 is 6.06. The van der Waals surface area contributed by atoms with Crippen LogP contribution in [0.1, 0.15) is 12.8 Å². The van der Waals surface area contributed by atoms with Gasteiger partial charge < -0.3 is 10.1 Å². The fourth-order valence-corrected chi connectivity index (χ4v) is 2.85. The van der Waals surface area contributed by atoms with E-state index in [1.807, 2.05) is 6.07 Å². The summed E-state index contributed by atoms with van der Waals surface area (Å²) >= 11 is 1.70. The molecule has 0 aliphatic carbocycles. The first-order valence-corrected chi connectivity index (χ1v) is 7.23. The molecule has 0 saturated carbocycles.